The average molecular weight is 248 g/mol. The lowest BCUT2D eigenvalue weighted by atomic mass is 9.76. The van der Waals surface area contributed by atoms with E-state index in [1.54, 1.807) is 12.4 Å². The lowest BCUT2D eigenvalue weighted by Gasteiger charge is -2.37. The number of carboxylic acid groups (broad SMARTS) is 1. The van der Waals surface area contributed by atoms with Gasteiger partial charge in [0.2, 0.25) is 0 Å². The van der Waals surface area contributed by atoms with E-state index in [9.17, 15) is 9.90 Å². The van der Waals surface area contributed by atoms with Crippen molar-refractivity contribution >= 4 is 5.97 Å². The van der Waals surface area contributed by atoms with Gasteiger partial charge in [0, 0.05) is 18.9 Å². The van der Waals surface area contributed by atoms with Crippen LogP contribution in [0.25, 0.3) is 0 Å². The predicted octanol–water partition coefficient (Wildman–Crippen LogP) is 2.20. The van der Waals surface area contributed by atoms with Crippen LogP contribution in [0.3, 0.4) is 0 Å². The smallest absolute Gasteiger partial charge is 0.323 e. The molecule has 1 aromatic rings. The van der Waals surface area contributed by atoms with Gasteiger partial charge in [0.25, 0.3) is 0 Å². The summed E-state index contributed by atoms with van der Waals surface area (Å²) in [6.45, 7) is 2.71. The first-order chi connectivity index (χ1) is 8.62. The molecule has 1 heterocycles. The quantitative estimate of drug-likeness (QED) is 0.857. The predicted molar refractivity (Wildman–Crippen MR) is 69.1 cm³/mol. The zero-order valence-corrected chi connectivity index (χ0v) is 10.7. The van der Waals surface area contributed by atoms with Gasteiger partial charge in [0.1, 0.15) is 5.54 Å². The molecule has 0 bridgehead atoms. The number of aromatic nitrogens is 1. The fourth-order valence-electron chi connectivity index (χ4n) is 2.75. The lowest BCUT2D eigenvalue weighted by molar-refractivity contribution is -0.147. The Hall–Kier alpha value is -1.42. The average Bonchev–Trinajstić information content (AvgIpc) is 2.37. The van der Waals surface area contributed by atoms with Crippen molar-refractivity contribution in [2.24, 2.45) is 5.92 Å². The number of nitrogens with one attached hydrogen (secondary N) is 1. The molecule has 2 unspecified atom stereocenters. The summed E-state index contributed by atoms with van der Waals surface area (Å²) in [5, 5.41) is 12.8. The molecule has 0 radical (unpaired) electrons. The summed E-state index contributed by atoms with van der Waals surface area (Å²) in [6, 6.07) is 3.82. The van der Waals surface area contributed by atoms with Gasteiger partial charge in [-0.25, -0.2) is 0 Å². The molecule has 2 N–H and O–H groups in total. The van der Waals surface area contributed by atoms with E-state index in [1.807, 2.05) is 12.1 Å². The Morgan fingerprint density at radius 2 is 2.28 bits per heavy atom. The summed E-state index contributed by atoms with van der Waals surface area (Å²) < 4.78 is 0. The van der Waals surface area contributed by atoms with E-state index < -0.39 is 11.5 Å². The first-order valence-corrected chi connectivity index (χ1v) is 6.50. The Bertz CT molecular complexity index is 408. The second kappa shape index (κ2) is 5.48. The summed E-state index contributed by atoms with van der Waals surface area (Å²) in [5.74, 6) is -0.247. The van der Waals surface area contributed by atoms with Crippen LogP contribution in [0.2, 0.25) is 0 Å². The second-order valence-corrected chi connectivity index (χ2v) is 5.30. The van der Waals surface area contributed by atoms with Crippen molar-refractivity contribution in [3.8, 4) is 0 Å². The van der Waals surface area contributed by atoms with Gasteiger partial charge in [-0.2, -0.15) is 0 Å². The SMILES string of the molecule is CC1CCCC(NCc2ccncc2)(C(=O)O)C1. The van der Waals surface area contributed by atoms with Crippen molar-refractivity contribution in [1.82, 2.24) is 10.3 Å². The van der Waals surface area contributed by atoms with Crippen molar-refractivity contribution in [1.29, 1.82) is 0 Å². The number of pyridine rings is 1. The van der Waals surface area contributed by atoms with Crippen molar-refractivity contribution in [3.63, 3.8) is 0 Å². The molecule has 0 saturated heterocycles. The van der Waals surface area contributed by atoms with Gasteiger partial charge in [-0.05, 0) is 36.5 Å². The van der Waals surface area contributed by atoms with Gasteiger partial charge in [0.15, 0.2) is 0 Å². The number of aliphatic carboxylic acids is 1. The maximum absolute atomic E-state index is 11.6. The molecule has 18 heavy (non-hydrogen) atoms. The monoisotopic (exact) mass is 248 g/mol. The first kappa shape index (κ1) is 13.0. The third kappa shape index (κ3) is 2.88. The Morgan fingerprint density at radius 3 is 2.89 bits per heavy atom. The van der Waals surface area contributed by atoms with Crippen LogP contribution in [0.4, 0.5) is 0 Å². The molecular formula is C14H20N2O2. The minimum Gasteiger partial charge on any atom is -0.480 e. The molecule has 2 atom stereocenters. The van der Waals surface area contributed by atoms with Crippen LogP contribution in [0.5, 0.6) is 0 Å². The zero-order chi connectivity index (χ0) is 13.0. The summed E-state index contributed by atoms with van der Waals surface area (Å²) in [7, 11) is 0. The highest BCUT2D eigenvalue weighted by molar-refractivity contribution is 5.79. The van der Waals surface area contributed by atoms with Crippen molar-refractivity contribution in [2.45, 2.75) is 44.7 Å². The molecule has 1 aliphatic rings. The molecule has 98 valence electrons. The molecular weight excluding hydrogens is 228 g/mol. The number of hydrogen-bond acceptors (Lipinski definition) is 3. The van der Waals surface area contributed by atoms with E-state index in [4.69, 9.17) is 0 Å². The Morgan fingerprint density at radius 1 is 1.56 bits per heavy atom. The van der Waals surface area contributed by atoms with Crippen molar-refractivity contribution in [3.05, 3.63) is 30.1 Å². The number of carbonyl (C=O) groups is 1. The van der Waals surface area contributed by atoms with Crippen LogP contribution >= 0.6 is 0 Å². The van der Waals surface area contributed by atoms with Crippen LogP contribution in [-0.2, 0) is 11.3 Å². The molecule has 1 saturated carbocycles. The summed E-state index contributed by atoms with van der Waals surface area (Å²) in [6.07, 6.45) is 7.01. The maximum Gasteiger partial charge on any atom is 0.323 e. The van der Waals surface area contributed by atoms with E-state index in [0.717, 1.165) is 24.8 Å². The Balaban J connectivity index is 2.05. The molecule has 0 spiro atoms. The van der Waals surface area contributed by atoms with E-state index in [0.29, 0.717) is 18.9 Å². The van der Waals surface area contributed by atoms with E-state index in [-0.39, 0.29) is 0 Å². The van der Waals surface area contributed by atoms with Gasteiger partial charge in [-0.3, -0.25) is 15.1 Å². The maximum atomic E-state index is 11.6. The molecule has 1 fully saturated rings. The lowest BCUT2D eigenvalue weighted by Crippen LogP contribution is -2.54. The van der Waals surface area contributed by atoms with Crippen LogP contribution in [0.15, 0.2) is 24.5 Å². The fourth-order valence-corrected chi connectivity index (χ4v) is 2.75. The third-order valence-electron chi connectivity index (χ3n) is 3.79. The minimum absolute atomic E-state index is 0.472. The number of rotatable bonds is 4. The molecule has 4 nitrogen and oxygen atoms in total. The summed E-state index contributed by atoms with van der Waals surface area (Å²) >= 11 is 0. The molecule has 0 aromatic carbocycles. The van der Waals surface area contributed by atoms with Crippen LogP contribution in [0.1, 0.15) is 38.2 Å². The van der Waals surface area contributed by atoms with Crippen molar-refractivity contribution < 1.29 is 9.90 Å². The third-order valence-corrected chi connectivity index (χ3v) is 3.79. The number of carboxylic acids is 1. The highest BCUT2D eigenvalue weighted by Crippen LogP contribution is 2.32. The van der Waals surface area contributed by atoms with Crippen LogP contribution in [0, 0.1) is 5.92 Å². The first-order valence-electron chi connectivity index (χ1n) is 6.50. The van der Waals surface area contributed by atoms with E-state index in [1.165, 1.54) is 0 Å². The van der Waals surface area contributed by atoms with Gasteiger partial charge >= 0.3 is 5.97 Å². The number of nitrogens with zero attached hydrogens (tertiary/aromatic N) is 1. The largest absolute Gasteiger partial charge is 0.480 e. The van der Waals surface area contributed by atoms with Gasteiger partial charge in [-0.1, -0.05) is 19.8 Å². The fraction of sp³-hybridized carbons (Fsp3) is 0.571. The highest BCUT2D eigenvalue weighted by atomic mass is 16.4. The van der Waals surface area contributed by atoms with Gasteiger partial charge in [0.05, 0.1) is 0 Å². The zero-order valence-electron chi connectivity index (χ0n) is 10.7. The van der Waals surface area contributed by atoms with E-state index in [2.05, 4.69) is 17.2 Å². The van der Waals surface area contributed by atoms with Crippen LogP contribution < -0.4 is 5.32 Å². The Labute approximate surface area is 107 Å². The highest BCUT2D eigenvalue weighted by Gasteiger charge is 2.41. The van der Waals surface area contributed by atoms with Gasteiger partial charge < -0.3 is 5.11 Å². The second-order valence-electron chi connectivity index (χ2n) is 5.30. The minimum atomic E-state index is -0.749. The van der Waals surface area contributed by atoms with Crippen LogP contribution in [-0.4, -0.2) is 21.6 Å². The standard InChI is InChI=1S/C14H20N2O2/c1-11-3-2-6-14(9-11,13(17)18)16-10-12-4-7-15-8-5-12/h4-5,7-8,11,16H,2-3,6,9-10H2,1H3,(H,17,18). The molecule has 1 aromatic heterocycles. The molecule has 4 heteroatoms. The number of hydrogen-bond donors (Lipinski definition) is 2. The molecule has 0 amide bonds. The van der Waals surface area contributed by atoms with E-state index >= 15 is 0 Å². The van der Waals surface area contributed by atoms with Gasteiger partial charge in [-0.15, -0.1) is 0 Å². The summed E-state index contributed by atoms with van der Waals surface area (Å²) in [5.41, 5.74) is 0.324. The van der Waals surface area contributed by atoms with Crippen molar-refractivity contribution in [2.75, 3.05) is 0 Å². The molecule has 1 aliphatic carbocycles. The topological polar surface area (TPSA) is 62.2 Å². The summed E-state index contributed by atoms with van der Waals surface area (Å²) in [4.78, 5) is 15.5. The normalized spacial score (nSPS) is 27.9. The Kier molecular flexibility index (Phi) is 3.97. The molecule has 0 aliphatic heterocycles. The molecule has 2 rings (SSSR count).